The minimum Gasteiger partial charge on any atom is -0.503 e. The predicted molar refractivity (Wildman–Crippen MR) is 101 cm³/mol. The summed E-state index contributed by atoms with van der Waals surface area (Å²) in [4.78, 5) is 31.2. The molecule has 0 saturated heterocycles. The number of anilines is 1. The van der Waals surface area contributed by atoms with Crippen LogP contribution in [0.15, 0.2) is 87.4 Å². The van der Waals surface area contributed by atoms with Gasteiger partial charge in [0, 0.05) is 22.6 Å². The van der Waals surface area contributed by atoms with Crippen LogP contribution in [0.1, 0.15) is 22.2 Å². The number of halogens is 1. The Morgan fingerprint density at radius 1 is 1.11 bits per heavy atom. The van der Waals surface area contributed by atoms with Gasteiger partial charge in [-0.15, -0.1) is 0 Å². The molecule has 0 aliphatic carbocycles. The lowest BCUT2D eigenvalue weighted by molar-refractivity contribution is -0.117. The summed E-state index contributed by atoms with van der Waals surface area (Å²) in [5.41, 5.74) is 1.18. The van der Waals surface area contributed by atoms with Gasteiger partial charge < -0.3 is 9.52 Å². The Morgan fingerprint density at radius 2 is 1.81 bits per heavy atom. The Morgan fingerprint density at radius 3 is 2.44 bits per heavy atom. The molecule has 134 valence electrons. The first kappa shape index (κ1) is 17.2. The number of ketones is 1. The number of carbonyl (C=O) groups is 2. The zero-order valence-corrected chi connectivity index (χ0v) is 15.5. The zero-order chi connectivity index (χ0) is 19.0. The smallest absolute Gasteiger partial charge is 0.294 e. The molecular weight excluding hydrogens is 412 g/mol. The highest BCUT2D eigenvalue weighted by Gasteiger charge is 2.45. The number of furan rings is 1. The molecule has 3 aromatic rings. The average Bonchev–Trinajstić information content (AvgIpc) is 3.31. The van der Waals surface area contributed by atoms with Crippen LogP contribution >= 0.6 is 15.9 Å². The Labute approximate surface area is 162 Å². The third-order valence-electron chi connectivity index (χ3n) is 4.32. The summed E-state index contributed by atoms with van der Waals surface area (Å²) < 4.78 is 6.04. The van der Waals surface area contributed by atoms with E-state index in [0.717, 1.165) is 4.47 Å². The van der Waals surface area contributed by atoms with E-state index in [9.17, 15) is 14.7 Å². The van der Waals surface area contributed by atoms with Gasteiger partial charge in [0.2, 0.25) is 5.78 Å². The fourth-order valence-electron chi connectivity index (χ4n) is 3.11. The number of amides is 1. The predicted octanol–water partition coefficient (Wildman–Crippen LogP) is 4.22. The van der Waals surface area contributed by atoms with Crippen LogP contribution in [-0.2, 0) is 4.79 Å². The molecule has 27 heavy (non-hydrogen) atoms. The van der Waals surface area contributed by atoms with E-state index in [1.807, 2.05) is 0 Å². The Balaban J connectivity index is 1.87. The molecule has 6 nitrogen and oxygen atoms in total. The topological polar surface area (TPSA) is 83.6 Å². The molecule has 0 spiro atoms. The number of hydrogen-bond donors (Lipinski definition) is 1. The van der Waals surface area contributed by atoms with Gasteiger partial charge in [-0.25, -0.2) is 0 Å². The lowest BCUT2D eigenvalue weighted by Crippen LogP contribution is -2.31. The Kier molecular flexibility index (Phi) is 4.37. The highest BCUT2D eigenvalue weighted by Crippen LogP contribution is 2.41. The number of carbonyl (C=O) groups excluding carboxylic acids is 2. The summed E-state index contributed by atoms with van der Waals surface area (Å²) in [6.45, 7) is 0. The van der Waals surface area contributed by atoms with Crippen molar-refractivity contribution in [2.75, 3.05) is 4.90 Å². The second-order valence-electron chi connectivity index (χ2n) is 5.90. The fraction of sp³-hybridized carbons (Fsp3) is 0.0500. The van der Waals surface area contributed by atoms with Crippen LogP contribution in [0.5, 0.6) is 0 Å². The molecule has 3 heterocycles. The highest BCUT2D eigenvalue weighted by atomic mass is 79.9. The molecule has 0 fully saturated rings. The summed E-state index contributed by atoms with van der Waals surface area (Å²) in [7, 11) is 0. The third-order valence-corrected chi connectivity index (χ3v) is 4.85. The highest BCUT2D eigenvalue weighted by molar-refractivity contribution is 9.10. The van der Waals surface area contributed by atoms with Gasteiger partial charge >= 0.3 is 0 Å². The molecule has 1 aliphatic heterocycles. The third kappa shape index (κ3) is 2.96. The van der Waals surface area contributed by atoms with Crippen molar-refractivity contribution in [3.63, 3.8) is 0 Å². The summed E-state index contributed by atoms with van der Waals surface area (Å²) in [5, 5.41) is 10.5. The van der Waals surface area contributed by atoms with E-state index < -0.39 is 23.5 Å². The standard InChI is InChI=1S/C20H13BrN2O4/c21-13-3-5-14(6-4-13)23-17(12-7-9-22-10-8-12)16(19(25)20(23)26)18(24)15-2-1-11-27-15/h1-11,17,25H. The van der Waals surface area contributed by atoms with E-state index in [2.05, 4.69) is 20.9 Å². The van der Waals surface area contributed by atoms with Crippen molar-refractivity contribution in [1.29, 1.82) is 0 Å². The molecule has 1 unspecified atom stereocenters. The van der Waals surface area contributed by atoms with Gasteiger partial charge in [0.05, 0.1) is 17.9 Å². The van der Waals surface area contributed by atoms with Crippen LogP contribution in [0, 0.1) is 0 Å². The zero-order valence-electron chi connectivity index (χ0n) is 13.9. The second kappa shape index (κ2) is 6.85. The van der Waals surface area contributed by atoms with Crippen LogP contribution in [0.3, 0.4) is 0 Å². The number of Topliss-reactive ketones (excluding diaryl/α,β-unsaturated/α-hetero) is 1. The molecule has 1 N–H and O–H groups in total. The van der Waals surface area contributed by atoms with Crippen molar-refractivity contribution in [3.8, 4) is 0 Å². The number of hydrogen-bond acceptors (Lipinski definition) is 5. The van der Waals surface area contributed by atoms with Crippen LogP contribution in [0.25, 0.3) is 0 Å². The summed E-state index contributed by atoms with van der Waals surface area (Å²) in [5.74, 6) is -1.71. The van der Waals surface area contributed by atoms with E-state index in [4.69, 9.17) is 4.42 Å². The van der Waals surface area contributed by atoms with Crippen LogP contribution < -0.4 is 4.90 Å². The minimum atomic E-state index is -0.792. The lowest BCUT2D eigenvalue weighted by Gasteiger charge is -2.26. The molecule has 2 aromatic heterocycles. The maximum atomic E-state index is 13.0. The van der Waals surface area contributed by atoms with E-state index in [0.29, 0.717) is 11.3 Å². The van der Waals surface area contributed by atoms with E-state index in [1.54, 1.807) is 54.9 Å². The maximum Gasteiger partial charge on any atom is 0.294 e. The van der Waals surface area contributed by atoms with Crippen molar-refractivity contribution in [3.05, 3.63) is 94.3 Å². The van der Waals surface area contributed by atoms with Crippen molar-refractivity contribution in [2.45, 2.75) is 6.04 Å². The number of aliphatic hydroxyl groups is 1. The van der Waals surface area contributed by atoms with Gasteiger partial charge in [0.15, 0.2) is 11.5 Å². The van der Waals surface area contributed by atoms with Gasteiger partial charge in [-0.3, -0.25) is 19.5 Å². The number of pyridine rings is 1. The van der Waals surface area contributed by atoms with Gasteiger partial charge in [-0.05, 0) is 54.1 Å². The molecule has 1 atom stereocenters. The van der Waals surface area contributed by atoms with Gasteiger partial charge in [0.25, 0.3) is 5.91 Å². The van der Waals surface area contributed by atoms with E-state index >= 15 is 0 Å². The molecule has 0 radical (unpaired) electrons. The number of nitrogens with zero attached hydrogens (tertiary/aromatic N) is 2. The molecule has 0 bridgehead atoms. The van der Waals surface area contributed by atoms with Crippen LogP contribution in [0.2, 0.25) is 0 Å². The van der Waals surface area contributed by atoms with E-state index in [1.165, 1.54) is 17.2 Å². The maximum absolute atomic E-state index is 13.0. The molecule has 1 aromatic carbocycles. The first-order chi connectivity index (χ1) is 13.1. The van der Waals surface area contributed by atoms with Gasteiger partial charge in [-0.2, -0.15) is 0 Å². The normalized spacial score (nSPS) is 16.9. The van der Waals surface area contributed by atoms with Crippen LogP contribution in [0.4, 0.5) is 5.69 Å². The molecule has 1 aliphatic rings. The van der Waals surface area contributed by atoms with E-state index in [-0.39, 0.29) is 11.3 Å². The Bertz CT molecular complexity index is 1030. The number of rotatable bonds is 4. The second-order valence-corrected chi connectivity index (χ2v) is 6.82. The molecule has 0 saturated carbocycles. The largest absolute Gasteiger partial charge is 0.503 e. The fourth-order valence-corrected chi connectivity index (χ4v) is 3.37. The minimum absolute atomic E-state index is 0.0240. The summed E-state index contributed by atoms with van der Waals surface area (Å²) >= 11 is 3.36. The van der Waals surface area contributed by atoms with Crippen molar-refractivity contribution in [1.82, 2.24) is 4.98 Å². The first-order valence-electron chi connectivity index (χ1n) is 8.08. The van der Waals surface area contributed by atoms with Crippen molar-refractivity contribution in [2.24, 2.45) is 0 Å². The molecular formula is C20H13BrN2O4. The SMILES string of the molecule is O=C(C1=C(O)C(=O)N(c2ccc(Br)cc2)C1c1ccncc1)c1ccco1. The molecule has 7 heteroatoms. The van der Waals surface area contributed by atoms with Gasteiger partial charge in [-0.1, -0.05) is 15.9 Å². The molecule has 1 amide bonds. The number of aromatic nitrogens is 1. The Hall–Kier alpha value is -3.19. The van der Waals surface area contributed by atoms with Crippen molar-refractivity contribution < 1.29 is 19.1 Å². The summed E-state index contributed by atoms with van der Waals surface area (Å²) in [6, 6.07) is 12.8. The first-order valence-corrected chi connectivity index (χ1v) is 8.87. The van der Waals surface area contributed by atoms with Crippen LogP contribution in [-0.4, -0.2) is 21.8 Å². The number of benzene rings is 1. The summed E-state index contributed by atoms with van der Waals surface area (Å²) in [6.07, 6.45) is 4.52. The lowest BCUT2D eigenvalue weighted by atomic mass is 9.95. The quantitative estimate of drug-likeness (QED) is 0.633. The van der Waals surface area contributed by atoms with Crippen molar-refractivity contribution >= 4 is 33.3 Å². The molecule has 4 rings (SSSR count). The van der Waals surface area contributed by atoms with Gasteiger partial charge in [0.1, 0.15) is 0 Å². The average molecular weight is 425 g/mol. The number of aliphatic hydroxyl groups excluding tert-OH is 1. The monoisotopic (exact) mass is 424 g/mol.